The molecule has 1 unspecified atom stereocenters. The van der Waals surface area contributed by atoms with E-state index in [2.05, 4.69) is 76.6 Å². The fourth-order valence-electron chi connectivity index (χ4n) is 1.94. The molecule has 0 fully saturated rings. The molecular formula is C13H33GeN3. The van der Waals surface area contributed by atoms with Crippen molar-refractivity contribution in [2.75, 3.05) is 14.1 Å². The van der Waals surface area contributed by atoms with Gasteiger partial charge in [0.2, 0.25) is 0 Å². The zero-order chi connectivity index (χ0) is 13.8. The van der Waals surface area contributed by atoms with E-state index in [0.29, 0.717) is 22.6 Å². The van der Waals surface area contributed by atoms with Crippen molar-refractivity contribution < 1.29 is 0 Å². The van der Waals surface area contributed by atoms with Crippen molar-refractivity contribution in [3.05, 3.63) is 0 Å². The summed E-state index contributed by atoms with van der Waals surface area (Å²) in [6.45, 7) is 16.2. The van der Waals surface area contributed by atoms with Crippen molar-refractivity contribution in [1.82, 2.24) is 14.1 Å². The summed E-state index contributed by atoms with van der Waals surface area (Å²) in [6, 6.07) is 1.14. The molecule has 0 aromatic rings. The second-order valence-electron chi connectivity index (χ2n) is 6.99. The van der Waals surface area contributed by atoms with Gasteiger partial charge in [-0.2, -0.15) is 0 Å². The summed E-state index contributed by atoms with van der Waals surface area (Å²) in [7, 11) is 4.33. The van der Waals surface area contributed by atoms with Crippen LogP contribution in [0.1, 0.15) is 48.5 Å². The number of rotatable bonds is 6. The Hall–Kier alpha value is 0.423. The van der Waals surface area contributed by atoms with E-state index in [-0.39, 0.29) is 0 Å². The standard InChI is InChI=1S/C13H33GeN3/c1-10(2)15-12(16(8)9)17(11(3)4)14-13(5,6)7/h10-12,15H,14H2,1-9H3. The second-order valence-corrected chi connectivity index (χ2v) is 13.6. The van der Waals surface area contributed by atoms with Crippen LogP contribution in [-0.4, -0.2) is 56.9 Å². The summed E-state index contributed by atoms with van der Waals surface area (Å²) in [5.74, 6) is 0. The minimum absolute atomic E-state index is 0.384. The van der Waals surface area contributed by atoms with Crippen LogP contribution in [0, 0.1) is 0 Å². The van der Waals surface area contributed by atoms with Crippen molar-refractivity contribution >= 4 is 15.7 Å². The van der Waals surface area contributed by atoms with Crippen LogP contribution in [-0.2, 0) is 0 Å². The molecule has 1 N–H and O–H groups in total. The molecule has 0 rings (SSSR count). The molecule has 0 aliphatic carbocycles. The fraction of sp³-hybridized carbons (Fsp3) is 1.00. The van der Waals surface area contributed by atoms with Crippen LogP contribution in [0.4, 0.5) is 0 Å². The van der Waals surface area contributed by atoms with Gasteiger partial charge in [-0.15, -0.1) is 0 Å². The van der Waals surface area contributed by atoms with Crippen LogP contribution >= 0.6 is 0 Å². The van der Waals surface area contributed by atoms with Crippen LogP contribution in [0.5, 0.6) is 0 Å². The topological polar surface area (TPSA) is 18.5 Å². The molecular weight excluding hydrogens is 271 g/mol. The molecule has 0 aliphatic heterocycles. The molecule has 0 heterocycles. The van der Waals surface area contributed by atoms with Gasteiger partial charge in [0.05, 0.1) is 0 Å². The van der Waals surface area contributed by atoms with Gasteiger partial charge in [0, 0.05) is 0 Å². The molecule has 1 atom stereocenters. The molecule has 0 aliphatic rings. The van der Waals surface area contributed by atoms with E-state index in [9.17, 15) is 0 Å². The summed E-state index contributed by atoms with van der Waals surface area (Å²) in [5, 5.41) is 3.68. The third-order valence-electron chi connectivity index (χ3n) is 2.61. The molecule has 0 radical (unpaired) electrons. The molecule has 104 valence electrons. The first-order valence-corrected chi connectivity index (χ1v) is 9.54. The van der Waals surface area contributed by atoms with E-state index in [0.717, 1.165) is 0 Å². The zero-order valence-corrected chi connectivity index (χ0v) is 16.3. The molecule has 0 amide bonds. The van der Waals surface area contributed by atoms with Crippen LogP contribution < -0.4 is 5.32 Å². The minimum atomic E-state index is -0.770. The van der Waals surface area contributed by atoms with Crippen LogP contribution in [0.25, 0.3) is 0 Å². The van der Waals surface area contributed by atoms with Crippen molar-refractivity contribution in [2.24, 2.45) is 0 Å². The first-order valence-electron chi connectivity index (χ1n) is 6.73. The van der Waals surface area contributed by atoms with Crippen molar-refractivity contribution in [1.29, 1.82) is 0 Å². The molecule has 0 saturated heterocycles. The number of hydrogen-bond acceptors (Lipinski definition) is 3. The molecule has 0 aromatic carbocycles. The van der Waals surface area contributed by atoms with E-state index >= 15 is 0 Å². The zero-order valence-electron chi connectivity index (χ0n) is 13.3. The molecule has 17 heavy (non-hydrogen) atoms. The molecule has 0 aromatic heterocycles. The Morgan fingerprint density at radius 3 is 1.71 bits per heavy atom. The summed E-state index contributed by atoms with van der Waals surface area (Å²) >= 11 is -0.770. The van der Waals surface area contributed by atoms with Crippen LogP contribution in [0.2, 0.25) is 4.25 Å². The first-order chi connectivity index (χ1) is 7.54. The second kappa shape index (κ2) is 7.12. The third-order valence-corrected chi connectivity index (χ3v) is 7.62. The van der Waals surface area contributed by atoms with E-state index in [1.165, 1.54) is 0 Å². The van der Waals surface area contributed by atoms with E-state index in [4.69, 9.17) is 0 Å². The van der Waals surface area contributed by atoms with Gasteiger partial charge in [0.1, 0.15) is 0 Å². The Kier molecular flexibility index (Phi) is 7.30. The molecule has 0 bridgehead atoms. The van der Waals surface area contributed by atoms with Gasteiger partial charge in [0.15, 0.2) is 0 Å². The predicted molar refractivity (Wildman–Crippen MR) is 81.0 cm³/mol. The Labute approximate surface area is 115 Å². The SMILES string of the molecule is CC(C)NC(N(C)C)[N]([GeH2][C](C)(C)C)C(C)C. The Balaban J connectivity index is 4.84. The molecule has 0 spiro atoms. The van der Waals surface area contributed by atoms with Gasteiger partial charge in [-0.1, -0.05) is 0 Å². The average molecular weight is 304 g/mol. The number of hydrogen-bond donors (Lipinski definition) is 1. The summed E-state index contributed by atoms with van der Waals surface area (Å²) in [5.41, 5.74) is 0. The Bertz CT molecular complexity index is 209. The van der Waals surface area contributed by atoms with Gasteiger partial charge in [-0.3, -0.25) is 0 Å². The third kappa shape index (κ3) is 7.44. The maximum atomic E-state index is 3.68. The molecule has 4 heteroatoms. The predicted octanol–water partition coefficient (Wildman–Crippen LogP) is 1.84. The summed E-state index contributed by atoms with van der Waals surface area (Å²) < 4.78 is 3.22. The first kappa shape index (κ1) is 17.4. The van der Waals surface area contributed by atoms with Gasteiger partial charge < -0.3 is 0 Å². The Morgan fingerprint density at radius 2 is 1.47 bits per heavy atom. The average Bonchev–Trinajstić information content (AvgIpc) is 2.08. The van der Waals surface area contributed by atoms with Gasteiger partial charge >= 0.3 is 115 Å². The van der Waals surface area contributed by atoms with Gasteiger partial charge in [-0.05, 0) is 0 Å². The quantitative estimate of drug-likeness (QED) is 0.597. The molecule has 3 nitrogen and oxygen atoms in total. The monoisotopic (exact) mass is 305 g/mol. The number of nitrogens with zero attached hydrogens (tertiary/aromatic N) is 2. The van der Waals surface area contributed by atoms with Crippen molar-refractivity contribution in [3.63, 3.8) is 0 Å². The van der Waals surface area contributed by atoms with E-state index < -0.39 is 15.7 Å². The van der Waals surface area contributed by atoms with E-state index in [1.54, 1.807) is 0 Å². The van der Waals surface area contributed by atoms with Crippen molar-refractivity contribution in [2.45, 2.75) is 71.1 Å². The van der Waals surface area contributed by atoms with Crippen LogP contribution in [0.3, 0.4) is 0 Å². The fourth-order valence-corrected chi connectivity index (χ4v) is 6.27. The summed E-state index contributed by atoms with van der Waals surface area (Å²) in [4.78, 5) is 2.30. The molecule has 0 saturated carbocycles. The Morgan fingerprint density at radius 1 is 1.00 bits per heavy atom. The van der Waals surface area contributed by atoms with Crippen molar-refractivity contribution in [3.8, 4) is 0 Å². The summed E-state index contributed by atoms with van der Waals surface area (Å²) in [6.07, 6.45) is 0.384. The van der Waals surface area contributed by atoms with Gasteiger partial charge in [-0.25, -0.2) is 0 Å². The number of nitrogens with one attached hydrogen (secondary N) is 1. The maximum absolute atomic E-state index is 3.68. The van der Waals surface area contributed by atoms with E-state index in [1.807, 2.05) is 0 Å². The van der Waals surface area contributed by atoms with Gasteiger partial charge in [0.25, 0.3) is 0 Å². The van der Waals surface area contributed by atoms with Crippen LogP contribution in [0.15, 0.2) is 0 Å². The normalized spacial score (nSPS) is 16.1.